The Morgan fingerprint density at radius 3 is 2.57 bits per heavy atom. The number of aromatic nitrogens is 3. The third-order valence-electron chi connectivity index (χ3n) is 3.61. The number of hydrogen-bond donors (Lipinski definition) is 2. The van der Waals surface area contributed by atoms with Gasteiger partial charge in [-0.05, 0) is 37.4 Å². The summed E-state index contributed by atoms with van der Waals surface area (Å²) < 4.78 is 4.69. The molecule has 144 valence electrons. The van der Waals surface area contributed by atoms with E-state index in [-0.39, 0.29) is 17.9 Å². The van der Waals surface area contributed by atoms with Crippen LogP contribution >= 0.6 is 11.3 Å². The van der Waals surface area contributed by atoms with Crippen LogP contribution in [0, 0.1) is 6.92 Å². The number of amides is 3. The largest absolute Gasteiger partial charge is 0.450 e. The molecule has 3 aromatic rings. The number of alkyl carbamates (subject to hydrolysis) is 1. The van der Waals surface area contributed by atoms with Gasteiger partial charge in [0.2, 0.25) is 0 Å². The van der Waals surface area contributed by atoms with Crippen molar-refractivity contribution < 1.29 is 19.1 Å². The van der Waals surface area contributed by atoms with Gasteiger partial charge in [-0.3, -0.25) is 14.9 Å². The van der Waals surface area contributed by atoms with Crippen LogP contribution in [0.5, 0.6) is 0 Å². The van der Waals surface area contributed by atoms with E-state index in [0.717, 1.165) is 17.0 Å². The zero-order valence-corrected chi connectivity index (χ0v) is 15.9. The second-order valence-corrected chi connectivity index (χ2v) is 6.47. The number of carbonyl (C=O) groups excluding carboxylic acids is 3. The van der Waals surface area contributed by atoms with Crippen LogP contribution in [0.4, 0.5) is 9.80 Å². The Balaban J connectivity index is 1.76. The van der Waals surface area contributed by atoms with Crippen molar-refractivity contribution in [2.75, 3.05) is 11.9 Å². The number of nitrogens with zero attached hydrogens (tertiary/aromatic N) is 3. The Kier molecular flexibility index (Phi) is 5.80. The number of carbonyl (C=O) groups is 3. The molecular weight excluding hydrogens is 382 g/mol. The SMILES string of the molecule is CCOC(=O)NC(=O)c1ccsc1NC(=O)c1nn(-c2ccccc2)nc1C. The Morgan fingerprint density at radius 2 is 1.86 bits per heavy atom. The summed E-state index contributed by atoms with van der Waals surface area (Å²) >= 11 is 1.15. The number of benzene rings is 1. The first-order valence-corrected chi connectivity index (χ1v) is 9.24. The molecular formula is C18H17N5O4S. The summed E-state index contributed by atoms with van der Waals surface area (Å²) in [6.45, 7) is 3.44. The fourth-order valence-corrected chi connectivity index (χ4v) is 3.12. The van der Waals surface area contributed by atoms with Crippen molar-refractivity contribution in [2.24, 2.45) is 0 Å². The molecule has 0 fully saturated rings. The standard InChI is InChI=1S/C18H17N5O4S/c1-3-27-18(26)20-15(24)13-9-10-28-17(13)19-16(25)14-11(2)21-23(22-14)12-7-5-4-6-8-12/h4-10H,3H2,1-2H3,(H,19,25)(H,20,24,26). The minimum Gasteiger partial charge on any atom is -0.450 e. The molecule has 0 radical (unpaired) electrons. The van der Waals surface area contributed by atoms with Crippen LogP contribution in [0.2, 0.25) is 0 Å². The van der Waals surface area contributed by atoms with E-state index in [1.54, 1.807) is 19.2 Å². The predicted octanol–water partition coefficient (Wildman–Crippen LogP) is 2.78. The lowest BCUT2D eigenvalue weighted by molar-refractivity contribution is 0.0926. The molecule has 0 bridgehead atoms. The van der Waals surface area contributed by atoms with Crippen molar-refractivity contribution >= 4 is 34.2 Å². The first-order chi connectivity index (χ1) is 13.5. The average Bonchev–Trinajstić information content (AvgIpc) is 3.29. The second kappa shape index (κ2) is 8.44. The van der Waals surface area contributed by atoms with E-state index in [2.05, 4.69) is 25.6 Å². The molecule has 9 nitrogen and oxygen atoms in total. The van der Waals surface area contributed by atoms with Crippen LogP contribution in [0.25, 0.3) is 5.69 Å². The lowest BCUT2D eigenvalue weighted by Gasteiger charge is -2.06. The molecule has 3 amide bonds. The number of imide groups is 1. The van der Waals surface area contributed by atoms with Gasteiger partial charge >= 0.3 is 6.09 Å². The number of aryl methyl sites for hydroxylation is 1. The molecule has 0 aliphatic carbocycles. The molecule has 28 heavy (non-hydrogen) atoms. The van der Waals surface area contributed by atoms with E-state index in [0.29, 0.717) is 10.7 Å². The molecule has 3 rings (SSSR count). The number of para-hydroxylation sites is 1. The van der Waals surface area contributed by atoms with Gasteiger partial charge in [0.25, 0.3) is 11.8 Å². The molecule has 10 heteroatoms. The maximum absolute atomic E-state index is 12.6. The third kappa shape index (κ3) is 4.23. The maximum atomic E-state index is 12.6. The number of thiophene rings is 1. The van der Waals surface area contributed by atoms with Gasteiger partial charge in [-0.15, -0.1) is 16.4 Å². The van der Waals surface area contributed by atoms with Crippen molar-refractivity contribution in [3.05, 3.63) is 58.7 Å². The molecule has 2 aromatic heterocycles. The average molecular weight is 399 g/mol. The van der Waals surface area contributed by atoms with Gasteiger partial charge in [-0.25, -0.2) is 4.79 Å². The lowest BCUT2D eigenvalue weighted by Crippen LogP contribution is -2.31. The zero-order valence-electron chi connectivity index (χ0n) is 15.1. The van der Waals surface area contributed by atoms with Crippen molar-refractivity contribution in [3.63, 3.8) is 0 Å². The smallest absolute Gasteiger partial charge is 0.414 e. The van der Waals surface area contributed by atoms with Gasteiger partial charge in [0.1, 0.15) is 5.00 Å². The van der Waals surface area contributed by atoms with E-state index >= 15 is 0 Å². The number of rotatable bonds is 5. The van der Waals surface area contributed by atoms with Crippen LogP contribution in [0.3, 0.4) is 0 Å². The quantitative estimate of drug-likeness (QED) is 0.682. The Labute approximate surface area is 164 Å². The monoisotopic (exact) mass is 399 g/mol. The van der Waals surface area contributed by atoms with Gasteiger partial charge in [0.15, 0.2) is 5.69 Å². The topological polar surface area (TPSA) is 115 Å². The van der Waals surface area contributed by atoms with Gasteiger partial charge in [0, 0.05) is 0 Å². The molecule has 0 atom stereocenters. The molecule has 0 spiro atoms. The zero-order chi connectivity index (χ0) is 20.1. The molecule has 2 heterocycles. The highest BCUT2D eigenvalue weighted by atomic mass is 32.1. The molecule has 0 unspecified atom stereocenters. The summed E-state index contributed by atoms with van der Waals surface area (Å²) in [5.74, 6) is -1.17. The van der Waals surface area contributed by atoms with E-state index < -0.39 is 17.9 Å². The summed E-state index contributed by atoms with van der Waals surface area (Å²) in [5.41, 5.74) is 1.44. The summed E-state index contributed by atoms with van der Waals surface area (Å²) in [6.07, 6.45) is -0.849. The van der Waals surface area contributed by atoms with Crippen LogP contribution in [-0.2, 0) is 4.74 Å². The van der Waals surface area contributed by atoms with Gasteiger partial charge in [-0.1, -0.05) is 18.2 Å². The molecule has 0 saturated heterocycles. The normalized spacial score (nSPS) is 10.4. The van der Waals surface area contributed by atoms with Crippen LogP contribution < -0.4 is 10.6 Å². The summed E-state index contributed by atoms with van der Waals surface area (Å²) in [6, 6.07) is 10.7. The van der Waals surface area contributed by atoms with Crippen LogP contribution in [0.15, 0.2) is 41.8 Å². The number of ether oxygens (including phenoxy) is 1. The highest BCUT2D eigenvalue weighted by Crippen LogP contribution is 2.24. The van der Waals surface area contributed by atoms with E-state index in [1.807, 2.05) is 30.3 Å². The third-order valence-corrected chi connectivity index (χ3v) is 4.44. The van der Waals surface area contributed by atoms with Crippen molar-refractivity contribution in [3.8, 4) is 5.69 Å². The summed E-state index contributed by atoms with van der Waals surface area (Å²) in [4.78, 5) is 37.6. The molecule has 0 aliphatic rings. The summed E-state index contributed by atoms with van der Waals surface area (Å²) in [5, 5.41) is 15.2. The molecule has 1 aromatic carbocycles. The number of hydrogen-bond acceptors (Lipinski definition) is 7. The maximum Gasteiger partial charge on any atom is 0.414 e. The number of nitrogens with one attached hydrogen (secondary N) is 2. The highest BCUT2D eigenvalue weighted by molar-refractivity contribution is 7.14. The summed E-state index contributed by atoms with van der Waals surface area (Å²) in [7, 11) is 0. The molecule has 0 aliphatic heterocycles. The van der Waals surface area contributed by atoms with Crippen molar-refractivity contribution in [1.82, 2.24) is 20.3 Å². The molecule has 2 N–H and O–H groups in total. The fourth-order valence-electron chi connectivity index (χ4n) is 2.34. The minimum absolute atomic E-state index is 0.133. The van der Waals surface area contributed by atoms with Gasteiger partial charge in [-0.2, -0.15) is 9.90 Å². The van der Waals surface area contributed by atoms with E-state index in [1.165, 1.54) is 10.9 Å². The predicted molar refractivity (Wildman–Crippen MR) is 103 cm³/mol. The lowest BCUT2D eigenvalue weighted by atomic mass is 10.3. The van der Waals surface area contributed by atoms with Crippen molar-refractivity contribution in [2.45, 2.75) is 13.8 Å². The van der Waals surface area contributed by atoms with E-state index in [4.69, 9.17) is 0 Å². The minimum atomic E-state index is -0.849. The number of anilines is 1. The van der Waals surface area contributed by atoms with Crippen LogP contribution in [-0.4, -0.2) is 39.5 Å². The first-order valence-electron chi connectivity index (χ1n) is 8.36. The van der Waals surface area contributed by atoms with Crippen molar-refractivity contribution in [1.29, 1.82) is 0 Å². The van der Waals surface area contributed by atoms with E-state index in [9.17, 15) is 14.4 Å². The Bertz CT molecular complexity index is 1010. The highest BCUT2D eigenvalue weighted by Gasteiger charge is 2.21. The fraction of sp³-hybridized carbons (Fsp3) is 0.167. The van der Waals surface area contributed by atoms with Gasteiger partial charge in [0.05, 0.1) is 23.6 Å². The first kappa shape index (κ1) is 19.2. The molecule has 0 saturated carbocycles. The Hall–Kier alpha value is -3.53. The van der Waals surface area contributed by atoms with Crippen LogP contribution in [0.1, 0.15) is 33.5 Å². The van der Waals surface area contributed by atoms with Gasteiger partial charge < -0.3 is 10.1 Å². The second-order valence-electron chi connectivity index (χ2n) is 5.55. The Morgan fingerprint density at radius 1 is 1.11 bits per heavy atom.